The van der Waals surface area contributed by atoms with Gasteiger partial charge in [-0.15, -0.1) is 0 Å². The van der Waals surface area contributed by atoms with E-state index in [0.717, 1.165) is 12.8 Å². The highest BCUT2D eigenvalue weighted by Crippen LogP contribution is 2.24. The number of likely N-dealkylation sites (tertiary alicyclic amines) is 1. The van der Waals surface area contributed by atoms with Crippen LogP contribution in [0.3, 0.4) is 0 Å². The fourth-order valence-electron chi connectivity index (χ4n) is 3.45. The van der Waals surface area contributed by atoms with Crippen molar-refractivity contribution in [2.75, 3.05) is 31.5 Å². The Morgan fingerprint density at radius 2 is 2.00 bits per heavy atom. The molecule has 0 spiro atoms. The molecule has 9 heteroatoms. The summed E-state index contributed by atoms with van der Waals surface area (Å²) in [7, 11) is 0. The summed E-state index contributed by atoms with van der Waals surface area (Å²) in [6, 6.07) is 5.82. The molecule has 2 N–H and O–H groups in total. The van der Waals surface area contributed by atoms with Crippen LogP contribution in [-0.4, -0.2) is 70.0 Å². The number of rotatable bonds is 8. The summed E-state index contributed by atoms with van der Waals surface area (Å²) < 4.78 is 0. The molecular formula is C18H26N4O5. The van der Waals surface area contributed by atoms with Crippen LogP contribution in [0.2, 0.25) is 0 Å². The Balaban J connectivity index is 1.93. The first-order valence-corrected chi connectivity index (χ1v) is 9.07. The number of carboxylic acid groups (broad SMARTS) is 1. The number of likely N-dealkylation sites (N-methyl/N-ethyl adjacent to an activating group) is 1. The van der Waals surface area contributed by atoms with Crippen molar-refractivity contribution in [3.05, 3.63) is 34.4 Å². The fourth-order valence-corrected chi connectivity index (χ4v) is 3.45. The Morgan fingerprint density at radius 1 is 1.37 bits per heavy atom. The Kier molecular flexibility index (Phi) is 7.26. The van der Waals surface area contributed by atoms with E-state index < -0.39 is 16.9 Å². The lowest BCUT2D eigenvalue weighted by Gasteiger charge is -2.39. The minimum atomic E-state index is -0.837. The highest BCUT2D eigenvalue weighted by molar-refractivity contribution is 5.96. The van der Waals surface area contributed by atoms with Gasteiger partial charge in [-0.25, -0.2) is 0 Å². The number of nitro benzene ring substituents is 1. The van der Waals surface area contributed by atoms with Crippen LogP contribution in [0.15, 0.2) is 24.3 Å². The molecule has 1 heterocycles. The van der Waals surface area contributed by atoms with Crippen LogP contribution in [0.4, 0.5) is 11.4 Å². The van der Waals surface area contributed by atoms with Gasteiger partial charge in [0, 0.05) is 25.2 Å². The normalized spacial score (nSPS) is 16.9. The Labute approximate surface area is 158 Å². The summed E-state index contributed by atoms with van der Waals surface area (Å²) >= 11 is 0. The van der Waals surface area contributed by atoms with Gasteiger partial charge in [-0.3, -0.25) is 29.5 Å². The molecule has 1 fully saturated rings. The second-order valence-electron chi connectivity index (χ2n) is 6.66. The predicted molar refractivity (Wildman–Crippen MR) is 101 cm³/mol. The van der Waals surface area contributed by atoms with Crippen LogP contribution < -0.4 is 5.32 Å². The molecule has 1 saturated heterocycles. The number of carboxylic acids is 1. The van der Waals surface area contributed by atoms with Crippen LogP contribution >= 0.6 is 0 Å². The third kappa shape index (κ3) is 5.48. The van der Waals surface area contributed by atoms with Crippen molar-refractivity contribution in [3.8, 4) is 0 Å². The number of amides is 1. The van der Waals surface area contributed by atoms with E-state index >= 15 is 0 Å². The minimum Gasteiger partial charge on any atom is -0.480 e. The van der Waals surface area contributed by atoms with Crippen molar-refractivity contribution in [1.29, 1.82) is 0 Å². The monoisotopic (exact) mass is 378 g/mol. The molecule has 148 valence electrons. The van der Waals surface area contributed by atoms with Crippen LogP contribution in [0.25, 0.3) is 0 Å². The number of nitro groups is 1. The number of nitrogens with zero attached hydrogens (tertiary/aromatic N) is 3. The zero-order valence-corrected chi connectivity index (χ0v) is 15.6. The fraction of sp³-hybridized carbons (Fsp3) is 0.556. The molecule has 0 bridgehead atoms. The van der Waals surface area contributed by atoms with Gasteiger partial charge < -0.3 is 10.4 Å². The summed E-state index contributed by atoms with van der Waals surface area (Å²) in [5, 5.41) is 22.7. The van der Waals surface area contributed by atoms with Crippen LogP contribution in [0.5, 0.6) is 0 Å². The summed E-state index contributed by atoms with van der Waals surface area (Å²) in [4.78, 5) is 38.0. The molecule has 1 aliphatic rings. The smallest absolute Gasteiger partial charge is 0.317 e. The first-order valence-electron chi connectivity index (χ1n) is 9.07. The van der Waals surface area contributed by atoms with Crippen LogP contribution in [0, 0.1) is 10.1 Å². The molecule has 0 aliphatic carbocycles. The SMILES string of the molecule is CCN(CC(=O)O)C1CCN(C(C)C(=O)Nc2ccccc2[N+](=O)[O-])CC1. The van der Waals surface area contributed by atoms with Crippen molar-refractivity contribution in [1.82, 2.24) is 9.80 Å². The molecule has 1 amide bonds. The van der Waals surface area contributed by atoms with Gasteiger partial charge in [0.1, 0.15) is 5.69 Å². The van der Waals surface area contributed by atoms with Crippen molar-refractivity contribution < 1.29 is 19.6 Å². The average Bonchev–Trinajstić information content (AvgIpc) is 2.65. The predicted octanol–water partition coefficient (Wildman–Crippen LogP) is 1.79. The lowest BCUT2D eigenvalue weighted by atomic mass is 10.0. The molecule has 0 aromatic heterocycles. The third-order valence-corrected chi connectivity index (χ3v) is 5.05. The first kappa shape index (κ1) is 20.8. The van der Waals surface area contributed by atoms with Gasteiger partial charge in [-0.2, -0.15) is 0 Å². The quantitative estimate of drug-likeness (QED) is 0.523. The second-order valence-corrected chi connectivity index (χ2v) is 6.66. The van der Waals surface area contributed by atoms with Crippen LogP contribution in [-0.2, 0) is 9.59 Å². The summed E-state index contributed by atoms with van der Waals surface area (Å²) in [5.41, 5.74) is 0.0527. The molecule has 1 aromatic rings. The molecule has 0 radical (unpaired) electrons. The number of aliphatic carboxylic acids is 1. The number of hydrogen-bond donors (Lipinski definition) is 2. The minimum absolute atomic E-state index is 0.0227. The van der Waals surface area contributed by atoms with Gasteiger partial charge in [-0.1, -0.05) is 19.1 Å². The molecule has 1 aromatic carbocycles. The molecule has 1 atom stereocenters. The maximum atomic E-state index is 12.5. The maximum absolute atomic E-state index is 12.5. The van der Waals surface area contributed by atoms with Gasteiger partial charge in [0.2, 0.25) is 5.91 Å². The van der Waals surface area contributed by atoms with E-state index in [1.807, 2.05) is 16.7 Å². The molecular weight excluding hydrogens is 352 g/mol. The Hall–Kier alpha value is -2.52. The Bertz CT molecular complexity index is 688. The van der Waals surface area contributed by atoms with Crippen molar-refractivity contribution in [2.24, 2.45) is 0 Å². The van der Waals surface area contributed by atoms with Crippen LogP contribution in [0.1, 0.15) is 26.7 Å². The first-order chi connectivity index (χ1) is 12.8. The van der Waals surface area contributed by atoms with E-state index in [2.05, 4.69) is 5.32 Å². The molecule has 9 nitrogen and oxygen atoms in total. The standard InChI is InChI=1S/C18H26N4O5/c1-3-20(12-17(23)24)14-8-10-21(11-9-14)13(2)18(25)19-15-6-4-5-7-16(15)22(26)27/h4-7,13-14H,3,8-12H2,1-2H3,(H,19,25)(H,23,24). The van der Waals surface area contributed by atoms with Gasteiger partial charge in [0.15, 0.2) is 0 Å². The molecule has 0 saturated carbocycles. The number of para-hydroxylation sites is 2. The van der Waals surface area contributed by atoms with E-state index in [4.69, 9.17) is 5.11 Å². The molecule has 1 unspecified atom stereocenters. The van der Waals surface area contributed by atoms with E-state index in [0.29, 0.717) is 19.6 Å². The maximum Gasteiger partial charge on any atom is 0.317 e. The largest absolute Gasteiger partial charge is 0.480 e. The molecule has 27 heavy (non-hydrogen) atoms. The van der Waals surface area contributed by atoms with Gasteiger partial charge in [0.25, 0.3) is 5.69 Å². The van der Waals surface area contributed by atoms with E-state index in [-0.39, 0.29) is 29.9 Å². The number of piperidine rings is 1. The second kappa shape index (κ2) is 9.43. The zero-order chi connectivity index (χ0) is 20.0. The number of nitrogens with one attached hydrogen (secondary N) is 1. The van der Waals surface area contributed by atoms with Gasteiger partial charge >= 0.3 is 5.97 Å². The lowest BCUT2D eigenvalue weighted by Crippen LogP contribution is -2.51. The van der Waals surface area contributed by atoms with Gasteiger partial charge in [0.05, 0.1) is 17.5 Å². The van der Waals surface area contributed by atoms with Crippen molar-refractivity contribution in [2.45, 2.75) is 38.8 Å². The van der Waals surface area contributed by atoms with Gasteiger partial charge in [-0.05, 0) is 32.4 Å². The lowest BCUT2D eigenvalue weighted by molar-refractivity contribution is -0.383. The summed E-state index contributed by atoms with van der Waals surface area (Å²) in [6.45, 7) is 5.76. The average molecular weight is 378 g/mol. The van der Waals surface area contributed by atoms with E-state index in [1.54, 1.807) is 19.1 Å². The van der Waals surface area contributed by atoms with E-state index in [9.17, 15) is 19.7 Å². The topological polar surface area (TPSA) is 116 Å². The highest BCUT2D eigenvalue weighted by atomic mass is 16.6. The van der Waals surface area contributed by atoms with Crippen molar-refractivity contribution in [3.63, 3.8) is 0 Å². The third-order valence-electron chi connectivity index (χ3n) is 5.05. The van der Waals surface area contributed by atoms with Crippen molar-refractivity contribution >= 4 is 23.3 Å². The molecule has 2 rings (SSSR count). The zero-order valence-electron chi connectivity index (χ0n) is 15.6. The number of carbonyl (C=O) groups is 2. The molecule has 1 aliphatic heterocycles. The summed E-state index contributed by atoms with van der Waals surface area (Å²) in [6.07, 6.45) is 1.56. The van der Waals surface area contributed by atoms with E-state index in [1.165, 1.54) is 12.1 Å². The Morgan fingerprint density at radius 3 is 2.56 bits per heavy atom. The number of anilines is 1. The highest BCUT2D eigenvalue weighted by Gasteiger charge is 2.30. The summed E-state index contributed by atoms with van der Waals surface area (Å²) in [5.74, 6) is -1.13. The number of carbonyl (C=O) groups excluding carboxylic acids is 1. The number of hydrogen-bond acceptors (Lipinski definition) is 6. The number of benzene rings is 1.